The molecule has 0 aliphatic heterocycles. The summed E-state index contributed by atoms with van der Waals surface area (Å²) in [7, 11) is 0. The van der Waals surface area contributed by atoms with Crippen LogP contribution in [0.2, 0.25) is 5.02 Å². The van der Waals surface area contributed by atoms with Crippen molar-refractivity contribution in [1.82, 2.24) is 14.8 Å². The quantitative estimate of drug-likeness (QED) is 0.342. The average molecular weight is 410 g/mol. The van der Waals surface area contributed by atoms with Crippen molar-refractivity contribution in [2.24, 2.45) is 0 Å². The number of rotatable bonds is 2. The van der Waals surface area contributed by atoms with E-state index in [0.29, 0.717) is 22.3 Å². The lowest BCUT2D eigenvalue weighted by Crippen LogP contribution is -1.99. The summed E-state index contributed by atoms with van der Waals surface area (Å²) < 4.78 is 43.6. The van der Waals surface area contributed by atoms with Gasteiger partial charge in [-0.15, -0.1) is 0 Å². The summed E-state index contributed by atoms with van der Waals surface area (Å²) >= 11 is 5.96. The van der Waals surface area contributed by atoms with Gasteiger partial charge in [-0.1, -0.05) is 41.9 Å². The second-order valence-corrected chi connectivity index (χ2v) is 6.94. The lowest BCUT2D eigenvalue weighted by molar-refractivity contribution is 0.590. The zero-order chi connectivity index (χ0) is 20.1. The van der Waals surface area contributed by atoms with Crippen LogP contribution in [-0.2, 0) is 0 Å². The normalized spacial score (nSPS) is 11.4. The molecule has 0 saturated carbocycles. The van der Waals surface area contributed by atoms with Gasteiger partial charge in [0.1, 0.15) is 22.8 Å². The molecule has 2 heterocycles. The SMILES string of the molecule is Fc1cc(F)c2ncc3c(-c4ccccc4)nn(-c4ccc(F)c(Cl)c4)c3c2c1. The molecule has 3 aromatic carbocycles. The average Bonchev–Trinajstić information content (AvgIpc) is 3.11. The van der Waals surface area contributed by atoms with Gasteiger partial charge in [0, 0.05) is 28.6 Å². The molecule has 0 atom stereocenters. The molecule has 0 radical (unpaired) electrons. The Bertz CT molecular complexity index is 1400. The second-order valence-electron chi connectivity index (χ2n) is 6.53. The lowest BCUT2D eigenvalue weighted by atomic mass is 10.1. The first-order chi connectivity index (χ1) is 14.0. The van der Waals surface area contributed by atoms with Gasteiger partial charge in [0.2, 0.25) is 0 Å². The largest absolute Gasteiger partial charge is 0.252 e. The fraction of sp³-hybridized carbons (Fsp3) is 0. The van der Waals surface area contributed by atoms with Gasteiger partial charge in [-0.2, -0.15) is 5.10 Å². The number of hydrogen-bond donors (Lipinski definition) is 0. The molecule has 5 rings (SSSR count). The fourth-order valence-electron chi connectivity index (χ4n) is 3.43. The van der Waals surface area contributed by atoms with Crippen LogP contribution in [0.3, 0.4) is 0 Å². The van der Waals surface area contributed by atoms with Crippen molar-refractivity contribution in [1.29, 1.82) is 0 Å². The Balaban J connectivity index is 1.94. The molecule has 3 nitrogen and oxygen atoms in total. The van der Waals surface area contributed by atoms with Gasteiger partial charge in [-0.05, 0) is 24.3 Å². The Labute approximate surface area is 168 Å². The van der Waals surface area contributed by atoms with Crippen molar-refractivity contribution in [2.45, 2.75) is 0 Å². The minimum Gasteiger partial charge on any atom is -0.252 e. The molecule has 0 aliphatic rings. The standard InChI is InChI=1S/C22H11ClF3N3/c23-17-10-14(6-7-18(17)25)29-22-15-8-13(24)9-19(26)21(15)27-11-16(22)20(28-29)12-4-2-1-3-5-12/h1-11H. The zero-order valence-corrected chi connectivity index (χ0v) is 15.5. The van der Waals surface area contributed by atoms with Crippen molar-refractivity contribution in [3.05, 3.63) is 89.3 Å². The predicted molar refractivity (Wildman–Crippen MR) is 107 cm³/mol. The highest BCUT2D eigenvalue weighted by molar-refractivity contribution is 6.30. The second kappa shape index (κ2) is 6.60. The van der Waals surface area contributed by atoms with E-state index in [1.54, 1.807) is 0 Å². The molecule has 142 valence electrons. The summed E-state index contributed by atoms with van der Waals surface area (Å²) in [6.07, 6.45) is 1.51. The molecule has 2 aromatic heterocycles. The summed E-state index contributed by atoms with van der Waals surface area (Å²) in [5.74, 6) is -2.07. The number of nitrogens with zero attached hydrogens (tertiary/aromatic N) is 3. The van der Waals surface area contributed by atoms with E-state index in [4.69, 9.17) is 11.6 Å². The third kappa shape index (κ3) is 2.84. The maximum Gasteiger partial charge on any atom is 0.152 e. The number of aromatic nitrogens is 3. The molecule has 0 aliphatic carbocycles. The maximum atomic E-state index is 14.4. The van der Waals surface area contributed by atoms with Gasteiger partial charge >= 0.3 is 0 Å². The van der Waals surface area contributed by atoms with Crippen LogP contribution in [0.25, 0.3) is 38.8 Å². The van der Waals surface area contributed by atoms with E-state index in [9.17, 15) is 13.2 Å². The van der Waals surface area contributed by atoms with Crippen LogP contribution in [0.1, 0.15) is 0 Å². The summed E-state index contributed by atoms with van der Waals surface area (Å²) in [4.78, 5) is 4.19. The molecule has 7 heteroatoms. The molecule has 0 bridgehead atoms. The first kappa shape index (κ1) is 17.7. The Hall–Kier alpha value is -3.38. The topological polar surface area (TPSA) is 30.7 Å². The van der Waals surface area contributed by atoms with Crippen LogP contribution >= 0.6 is 11.6 Å². The molecular weight excluding hydrogens is 399 g/mol. The van der Waals surface area contributed by atoms with Gasteiger partial charge in [0.25, 0.3) is 0 Å². The minimum atomic E-state index is -0.770. The van der Waals surface area contributed by atoms with Crippen molar-refractivity contribution in [2.75, 3.05) is 0 Å². The summed E-state index contributed by atoms with van der Waals surface area (Å²) in [5.41, 5.74) is 2.33. The van der Waals surface area contributed by atoms with Gasteiger partial charge in [-0.25, -0.2) is 17.9 Å². The van der Waals surface area contributed by atoms with Crippen LogP contribution in [0, 0.1) is 17.5 Å². The molecule has 0 unspecified atom stereocenters. The number of benzene rings is 3. The third-order valence-corrected chi connectivity index (χ3v) is 5.01. The van der Waals surface area contributed by atoms with E-state index in [1.807, 2.05) is 30.3 Å². The van der Waals surface area contributed by atoms with Crippen molar-refractivity contribution >= 4 is 33.4 Å². The summed E-state index contributed by atoms with van der Waals surface area (Å²) in [6, 6.07) is 15.5. The zero-order valence-electron chi connectivity index (χ0n) is 14.7. The molecule has 5 aromatic rings. The van der Waals surface area contributed by atoms with E-state index >= 15 is 0 Å². The number of halogens is 4. The molecule has 29 heavy (non-hydrogen) atoms. The highest BCUT2D eigenvalue weighted by atomic mass is 35.5. The third-order valence-electron chi connectivity index (χ3n) is 4.72. The highest BCUT2D eigenvalue weighted by Gasteiger charge is 2.19. The monoisotopic (exact) mass is 409 g/mol. The van der Waals surface area contributed by atoms with E-state index < -0.39 is 17.5 Å². The van der Waals surface area contributed by atoms with Crippen molar-refractivity contribution < 1.29 is 13.2 Å². The van der Waals surface area contributed by atoms with E-state index in [1.165, 1.54) is 35.1 Å². The van der Waals surface area contributed by atoms with Gasteiger partial charge < -0.3 is 0 Å². The predicted octanol–water partition coefficient (Wildman–Crippen LogP) is 6.31. The maximum absolute atomic E-state index is 14.4. The summed E-state index contributed by atoms with van der Waals surface area (Å²) in [5, 5.41) is 5.45. The van der Waals surface area contributed by atoms with E-state index in [-0.39, 0.29) is 15.9 Å². The smallest absolute Gasteiger partial charge is 0.152 e. The Morgan fingerprint density at radius 2 is 1.62 bits per heavy atom. The molecular formula is C22H11ClF3N3. The van der Waals surface area contributed by atoms with Crippen LogP contribution in [0.5, 0.6) is 0 Å². The van der Waals surface area contributed by atoms with Crippen LogP contribution < -0.4 is 0 Å². The first-order valence-corrected chi connectivity index (χ1v) is 9.08. The van der Waals surface area contributed by atoms with Crippen LogP contribution in [0.15, 0.2) is 66.9 Å². The van der Waals surface area contributed by atoms with Gasteiger partial charge in [-0.3, -0.25) is 4.98 Å². The lowest BCUT2D eigenvalue weighted by Gasteiger charge is -2.07. The highest BCUT2D eigenvalue weighted by Crippen LogP contribution is 2.35. The number of fused-ring (bicyclic) bond motifs is 3. The molecule has 0 saturated heterocycles. The Kier molecular flexibility index (Phi) is 4.03. The van der Waals surface area contributed by atoms with Gasteiger partial charge in [0.05, 0.1) is 16.2 Å². The van der Waals surface area contributed by atoms with E-state index in [0.717, 1.165) is 11.6 Å². The van der Waals surface area contributed by atoms with E-state index in [2.05, 4.69) is 10.1 Å². The Morgan fingerprint density at radius 3 is 2.38 bits per heavy atom. The van der Waals surface area contributed by atoms with Crippen LogP contribution in [-0.4, -0.2) is 14.8 Å². The minimum absolute atomic E-state index is 0.0212. The number of hydrogen-bond acceptors (Lipinski definition) is 2. The molecule has 0 fully saturated rings. The fourth-order valence-corrected chi connectivity index (χ4v) is 3.61. The number of pyridine rings is 1. The first-order valence-electron chi connectivity index (χ1n) is 8.70. The van der Waals surface area contributed by atoms with Crippen LogP contribution in [0.4, 0.5) is 13.2 Å². The van der Waals surface area contributed by atoms with Crippen molar-refractivity contribution in [3.63, 3.8) is 0 Å². The van der Waals surface area contributed by atoms with Gasteiger partial charge in [0.15, 0.2) is 5.82 Å². The van der Waals surface area contributed by atoms with Crippen molar-refractivity contribution in [3.8, 4) is 16.9 Å². The molecule has 0 amide bonds. The molecule has 0 N–H and O–H groups in total. The molecule has 0 spiro atoms. The summed E-state index contributed by atoms with van der Waals surface area (Å²) in [6.45, 7) is 0. The Morgan fingerprint density at radius 1 is 0.828 bits per heavy atom.